The molecule has 96 valence electrons. The van der Waals surface area contributed by atoms with Gasteiger partial charge in [-0.3, -0.25) is 4.79 Å². The van der Waals surface area contributed by atoms with Gasteiger partial charge in [0.05, 0.1) is 16.5 Å². The van der Waals surface area contributed by atoms with E-state index in [1.165, 1.54) is 34.9 Å². The van der Waals surface area contributed by atoms with Crippen LogP contribution in [0.5, 0.6) is 5.75 Å². The van der Waals surface area contributed by atoms with Gasteiger partial charge in [0.1, 0.15) is 11.8 Å². The van der Waals surface area contributed by atoms with Crippen LogP contribution in [0, 0.1) is 0 Å². The summed E-state index contributed by atoms with van der Waals surface area (Å²) in [4.78, 5) is 24.4. The van der Waals surface area contributed by atoms with E-state index < -0.39 is 17.9 Å². The highest BCUT2D eigenvalue weighted by Crippen LogP contribution is 2.27. The molecule has 0 bridgehead atoms. The molecule has 1 fully saturated rings. The van der Waals surface area contributed by atoms with Crippen molar-refractivity contribution in [1.82, 2.24) is 4.90 Å². The molecular weight excluding hydrogens is 278 g/mol. The van der Waals surface area contributed by atoms with Crippen LogP contribution in [-0.4, -0.2) is 44.7 Å². The Morgan fingerprint density at radius 3 is 2.83 bits per heavy atom. The highest BCUT2D eigenvalue weighted by molar-refractivity contribution is 7.99. The number of phenolic OH excluding ortho intramolecular Hbond substituents is 1. The number of carbonyl (C=O) groups is 2. The maximum Gasteiger partial charge on any atom is 0.327 e. The number of rotatable bonds is 2. The third kappa shape index (κ3) is 2.39. The number of hydrogen-bond acceptors (Lipinski definition) is 4. The molecule has 0 aromatic heterocycles. The Morgan fingerprint density at radius 1 is 1.44 bits per heavy atom. The number of nitrogens with zero attached hydrogens (tertiary/aromatic N) is 1. The zero-order chi connectivity index (χ0) is 13.3. The molecule has 1 aliphatic heterocycles. The molecule has 2 rings (SSSR count). The molecule has 1 aromatic carbocycles. The van der Waals surface area contributed by atoms with Crippen LogP contribution in [0.25, 0.3) is 0 Å². The number of amides is 1. The van der Waals surface area contributed by atoms with Crippen LogP contribution in [0.4, 0.5) is 0 Å². The molecule has 1 aliphatic rings. The second-order valence-electron chi connectivity index (χ2n) is 3.79. The molecular formula is C11H10ClNO4S. The third-order valence-corrected chi connectivity index (χ3v) is 3.95. The van der Waals surface area contributed by atoms with Crippen molar-refractivity contribution in [3.8, 4) is 5.75 Å². The molecule has 18 heavy (non-hydrogen) atoms. The monoisotopic (exact) mass is 287 g/mol. The number of carboxylic acid groups (broad SMARTS) is 1. The van der Waals surface area contributed by atoms with Crippen LogP contribution in [0.3, 0.4) is 0 Å². The number of halogens is 1. The highest BCUT2D eigenvalue weighted by atomic mass is 35.5. The topological polar surface area (TPSA) is 77.8 Å². The second kappa shape index (κ2) is 5.07. The molecule has 1 heterocycles. The first-order valence-corrected chi connectivity index (χ1v) is 6.64. The van der Waals surface area contributed by atoms with Crippen molar-refractivity contribution in [3.63, 3.8) is 0 Å². The maximum absolute atomic E-state index is 12.2. The van der Waals surface area contributed by atoms with Gasteiger partial charge in [0.2, 0.25) is 0 Å². The van der Waals surface area contributed by atoms with E-state index in [9.17, 15) is 14.7 Å². The van der Waals surface area contributed by atoms with E-state index >= 15 is 0 Å². The molecule has 1 atom stereocenters. The van der Waals surface area contributed by atoms with Crippen molar-refractivity contribution in [2.24, 2.45) is 0 Å². The molecule has 0 saturated carbocycles. The lowest BCUT2D eigenvalue weighted by Gasteiger charge is -2.21. The lowest BCUT2D eigenvalue weighted by Crippen LogP contribution is -2.41. The Morgan fingerprint density at radius 2 is 2.17 bits per heavy atom. The first-order valence-electron chi connectivity index (χ1n) is 5.10. The van der Waals surface area contributed by atoms with Gasteiger partial charge in [0.25, 0.3) is 5.91 Å². The number of hydrogen-bond donors (Lipinski definition) is 2. The summed E-state index contributed by atoms with van der Waals surface area (Å²) in [5.74, 6) is -0.932. The van der Waals surface area contributed by atoms with Gasteiger partial charge in [0, 0.05) is 5.75 Å². The summed E-state index contributed by atoms with van der Waals surface area (Å²) >= 11 is 7.25. The Hall–Kier alpha value is -1.40. The van der Waals surface area contributed by atoms with E-state index in [2.05, 4.69) is 0 Å². The number of benzene rings is 1. The van der Waals surface area contributed by atoms with Crippen molar-refractivity contribution in [1.29, 1.82) is 0 Å². The lowest BCUT2D eigenvalue weighted by molar-refractivity contribution is -0.140. The molecule has 1 aromatic rings. The van der Waals surface area contributed by atoms with Gasteiger partial charge in [-0.15, -0.1) is 11.8 Å². The first kappa shape index (κ1) is 13.0. The van der Waals surface area contributed by atoms with E-state index in [1.807, 2.05) is 0 Å². The maximum atomic E-state index is 12.2. The Bertz CT molecular complexity index is 508. The van der Waals surface area contributed by atoms with Crippen molar-refractivity contribution in [3.05, 3.63) is 28.8 Å². The van der Waals surface area contributed by atoms with Crippen LogP contribution in [-0.2, 0) is 4.79 Å². The number of carboxylic acids is 1. The number of thioether (sulfide) groups is 1. The minimum atomic E-state index is -1.04. The summed E-state index contributed by atoms with van der Waals surface area (Å²) in [6.45, 7) is 0. The molecule has 0 radical (unpaired) electrons. The number of carbonyl (C=O) groups excluding carboxylic acids is 1. The lowest BCUT2D eigenvalue weighted by atomic mass is 10.1. The molecule has 5 nitrogen and oxygen atoms in total. The summed E-state index contributed by atoms with van der Waals surface area (Å²) in [5, 5.41) is 18.6. The van der Waals surface area contributed by atoms with E-state index in [4.69, 9.17) is 16.7 Å². The molecule has 1 amide bonds. The van der Waals surface area contributed by atoms with Gasteiger partial charge < -0.3 is 15.1 Å². The number of aromatic hydroxyl groups is 1. The quantitative estimate of drug-likeness (QED) is 0.865. The average molecular weight is 288 g/mol. The van der Waals surface area contributed by atoms with Crippen LogP contribution < -0.4 is 0 Å². The van der Waals surface area contributed by atoms with Crippen LogP contribution in [0.15, 0.2) is 18.2 Å². The minimum absolute atomic E-state index is 0.0820. The Balaban J connectivity index is 2.31. The van der Waals surface area contributed by atoms with Crippen LogP contribution in [0.2, 0.25) is 5.02 Å². The van der Waals surface area contributed by atoms with Crippen molar-refractivity contribution in [2.75, 3.05) is 11.6 Å². The van der Waals surface area contributed by atoms with Crippen molar-refractivity contribution < 1.29 is 19.8 Å². The predicted octanol–water partition coefficient (Wildman–Crippen LogP) is 1.65. The number of phenols is 1. The average Bonchev–Trinajstić information content (AvgIpc) is 2.80. The standard InChI is InChI=1S/C11H10ClNO4S/c12-8-2-1-6(14)3-7(8)10(15)13-5-18-4-9(13)11(16)17/h1-3,9,14H,4-5H2,(H,16,17)/t9-/m0/s1. The second-order valence-corrected chi connectivity index (χ2v) is 5.20. The van der Waals surface area contributed by atoms with E-state index in [1.54, 1.807) is 0 Å². The van der Waals surface area contributed by atoms with Crippen molar-refractivity contribution in [2.45, 2.75) is 6.04 Å². The summed E-state index contributed by atoms with van der Waals surface area (Å²) in [6, 6.07) is 3.17. The zero-order valence-electron chi connectivity index (χ0n) is 9.17. The molecule has 2 N–H and O–H groups in total. The van der Waals surface area contributed by atoms with Gasteiger partial charge >= 0.3 is 5.97 Å². The molecule has 1 saturated heterocycles. The van der Waals surface area contributed by atoms with Crippen LogP contribution in [0.1, 0.15) is 10.4 Å². The summed E-state index contributed by atoms with van der Waals surface area (Å²) in [5.41, 5.74) is 0.116. The van der Waals surface area contributed by atoms with Crippen LogP contribution >= 0.6 is 23.4 Å². The molecule has 0 spiro atoms. The van der Waals surface area contributed by atoms with Gasteiger partial charge in [-0.25, -0.2) is 4.79 Å². The third-order valence-electron chi connectivity index (χ3n) is 2.61. The van der Waals surface area contributed by atoms with Gasteiger partial charge in [-0.2, -0.15) is 0 Å². The van der Waals surface area contributed by atoms with E-state index in [0.717, 1.165) is 0 Å². The van der Waals surface area contributed by atoms with Crippen molar-refractivity contribution >= 4 is 35.2 Å². The first-order chi connectivity index (χ1) is 8.50. The molecule has 0 aliphatic carbocycles. The minimum Gasteiger partial charge on any atom is -0.508 e. The fourth-order valence-electron chi connectivity index (χ4n) is 1.68. The summed E-state index contributed by atoms with van der Waals surface area (Å²) in [6.07, 6.45) is 0. The summed E-state index contributed by atoms with van der Waals surface area (Å²) < 4.78 is 0. The Labute approximate surface area is 112 Å². The normalized spacial score (nSPS) is 18.9. The van der Waals surface area contributed by atoms with Gasteiger partial charge in [-0.1, -0.05) is 11.6 Å². The van der Waals surface area contributed by atoms with Gasteiger partial charge in [0.15, 0.2) is 0 Å². The highest BCUT2D eigenvalue weighted by Gasteiger charge is 2.35. The van der Waals surface area contributed by atoms with Gasteiger partial charge in [-0.05, 0) is 18.2 Å². The molecule has 7 heteroatoms. The largest absolute Gasteiger partial charge is 0.508 e. The Kier molecular flexibility index (Phi) is 3.68. The SMILES string of the molecule is O=C(O)[C@@H]1CSCN1C(=O)c1cc(O)ccc1Cl. The molecule has 0 unspecified atom stereocenters. The smallest absolute Gasteiger partial charge is 0.327 e. The number of aliphatic carboxylic acids is 1. The van der Waals surface area contributed by atoms with E-state index in [-0.39, 0.29) is 16.3 Å². The fraction of sp³-hybridized carbons (Fsp3) is 0.273. The van der Waals surface area contributed by atoms with E-state index in [0.29, 0.717) is 11.6 Å². The summed E-state index contributed by atoms with van der Waals surface area (Å²) in [7, 11) is 0. The predicted molar refractivity (Wildman–Crippen MR) is 68.0 cm³/mol. The fourth-order valence-corrected chi connectivity index (χ4v) is 3.02. The zero-order valence-corrected chi connectivity index (χ0v) is 10.7.